The van der Waals surface area contributed by atoms with Gasteiger partial charge in [0.1, 0.15) is 11.5 Å². The number of benzene rings is 2. The highest BCUT2D eigenvalue weighted by molar-refractivity contribution is 5.41. The van der Waals surface area contributed by atoms with Crippen LogP contribution in [0.1, 0.15) is 24.2 Å². The minimum Gasteiger partial charge on any atom is -0.497 e. The first-order chi connectivity index (χ1) is 10.3. The van der Waals surface area contributed by atoms with Gasteiger partial charge in [0.25, 0.3) is 0 Å². The number of ether oxygens (including phenoxy) is 3. The molecule has 0 aliphatic carbocycles. The SMILES string of the molecule is CCOC(Cc1ccc(OC)cc1OC)c1ccccc1. The standard InChI is InChI=1S/C18H22O3/c1-4-21-18(14-8-6-5-7-9-14)12-15-10-11-16(19-2)13-17(15)20-3/h5-11,13,18H,4,12H2,1-3H3. The molecule has 0 radical (unpaired) electrons. The summed E-state index contributed by atoms with van der Waals surface area (Å²) in [5, 5.41) is 0. The molecule has 21 heavy (non-hydrogen) atoms. The van der Waals surface area contributed by atoms with Crippen molar-refractivity contribution in [2.75, 3.05) is 20.8 Å². The first kappa shape index (κ1) is 15.4. The number of rotatable bonds is 7. The average molecular weight is 286 g/mol. The Kier molecular flexibility index (Phi) is 5.64. The molecular weight excluding hydrogens is 264 g/mol. The molecule has 2 aromatic carbocycles. The van der Waals surface area contributed by atoms with Crippen LogP contribution in [-0.4, -0.2) is 20.8 Å². The molecule has 0 heterocycles. The normalized spacial score (nSPS) is 12.0. The van der Waals surface area contributed by atoms with Gasteiger partial charge in [-0.05, 0) is 24.1 Å². The molecule has 3 heteroatoms. The molecule has 0 amide bonds. The van der Waals surface area contributed by atoms with E-state index in [0.29, 0.717) is 6.61 Å². The highest BCUT2D eigenvalue weighted by Gasteiger charge is 2.15. The second kappa shape index (κ2) is 7.70. The van der Waals surface area contributed by atoms with E-state index in [2.05, 4.69) is 12.1 Å². The second-order valence-electron chi connectivity index (χ2n) is 4.74. The van der Waals surface area contributed by atoms with Gasteiger partial charge in [-0.15, -0.1) is 0 Å². The van der Waals surface area contributed by atoms with E-state index in [9.17, 15) is 0 Å². The van der Waals surface area contributed by atoms with Crippen LogP contribution in [0.2, 0.25) is 0 Å². The van der Waals surface area contributed by atoms with E-state index in [1.54, 1.807) is 14.2 Å². The van der Waals surface area contributed by atoms with E-state index in [-0.39, 0.29) is 6.10 Å². The third kappa shape index (κ3) is 3.99. The fourth-order valence-corrected chi connectivity index (χ4v) is 2.36. The van der Waals surface area contributed by atoms with Crippen molar-refractivity contribution < 1.29 is 14.2 Å². The molecule has 0 bridgehead atoms. The maximum atomic E-state index is 5.90. The second-order valence-corrected chi connectivity index (χ2v) is 4.74. The predicted octanol–water partition coefficient (Wildman–Crippen LogP) is 4.02. The van der Waals surface area contributed by atoms with Gasteiger partial charge in [-0.25, -0.2) is 0 Å². The lowest BCUT2D eigenvalue weighted by atomic mass is 10.0. The van der Waals surface area contributed by atoms with Gasteiger partial charge in [0.05, 0.1) is 20.3 Å². The summed E-state index contributed by atoms with van der Waals surface area (Å²) in [7, 11) is 3.33. The van der Waals surface area contributed by atoms with Gasteiger partial charge >= 0.3 is 0 Å². The summed E-state index contributed by atoms with van der Waals surface area (Å²) in [6.07, 6.45) is 0.795. The zero-order valence-corrected chi connectivity index (χ0v) is 12.8. The number of hydrogen-bond acceptors (Lipinski definition) is 3. The maximum Gasteiger partial charge on any atom is 0.125 e. The van der Waals surface area contributed by atoms with Gasteiger partial charge in [0, 0.05) is 19.1 Å². The van der Waals surface area contributed by atoms with Crippen molar-refractivity contribution in [1.82, 2.24) is 0 Å². The Morgan fingerprint density at radius 3 is 2.33 bits per heavy atom. The van der Waals surface area contributed by atoms with Crippen LogP contribution >= 0.6 is 0 Å². The molecule has 0 fully saturated rings. The van der Waals surface area contributed by atoms with Crippen LogP contribution in [0, 0.1) is 0 Å². The van der Waals surface area contributed by atoms with Crippen LogP contribution in [0.15, 0.2) is 48.5 Å². The Bertz CT molecular complexity index is 552. The molecule has 1 atom stereocenters. The Balaban J connectivity index is 2.24. The minimum absolute atomic E-state index is 0.0264. The van der Waals surface area contributed by atoms with Gasteiger partial charge in [-0.1, -0.05) is 36.4 Å². The van der Waals surface area contributed by atoms with Crippen molar-refractivity contribution in [2.45, 2.75) is 19.4 Å². The van der Waals surface area contributed by atoms with E-state index in [1.165, 1.54) is 5.56 Å². The summed E-state index contributed by atoms with van der Waals surface area (Å²) in [6.45, 7) is 2.69. The maximum absolute atomic E-state index is 5.90. The van der Waals surface area contributed by atoms with E-state index < -0.39 is 0 Å². The summed E-state index contributed by atoms with van der Waals surface area (Å²) in [6, 6.07) is 16.2. The molecule has 1 unspecified atom stereocenters. The van der Waals surface area contributed by atoms with Crippen LogP contribution in [0.25, 0.3) is 0 Å². The molecule has 112 valence electrons. The monoisotopic (exact) mass is 286 g/mol. The average Bonchev–Trinajstić information content (AvgIpc) is 2.55. The fourth-order valence-electron chi connectivity index (χ4n) is 2.36. The molecule has 0 N–H and O–H groups in total. The zero-order valence-electron chi connectivity index (χ0n) is 12.8. The van der Waals surface area contributed by atoms with Crippen molar-refractivity contribution in [1.29, 1.82) is 0 Å². The summed E-state index contributed by atoms with van der Waals surface area (Å²) >= 11 is 0. The summed E-state index contributed by atoms with van der Waals surface area (Å²) < 4.78 is 16.6. The number of hydrogen-bond donors (Lipinski definition) is 0. The smallest absolute Gasteiger partial charge is 0.125 e. The van der Waals surface area contributed by atoms with Crippen LogP contribution in [0.5, 0.6) is 11.5 Å². The number of methoxy groups -OCH3 is 2. The highest BCUT2D eigenvalue weighted by atomic mass is 16.5. The minimum atomic E-state index is 0.0264. The Labute approximate surface area is 126 Å². The van der Waals surface area contributed by atoms with E-state index in [1.807, 2.05) is 43.3 Å². The van der Waals surface area contributed by atoms with Gasteiger partial charge in [0.2, 0.25) is 0 Å². The molecule has 2 rings (SSSR count). The van der Waals surface area contributed by atoms with E-state index >= 15 is 0 Å². The molecule has 3 nitrogen and oxygen atoms in total. The third-order valence-corrected chi connectivity index (χ3v) is 3.44. The van der Waals surface area contributed by atoms with Crippen molar-refractivity contribution >= 4 is 0 Å². The Hall–Kier alpha value is -2.00. The molecule has 0 aliphatic heterocycles. The Morgan fingerprint density at radius 2 is 1.71 bits per heavy atom. The first-order valence-electron chi connectivity index (χ1n) is 7.16. The topological polar surface area (TPSA) is 27.7 Å². The lowest BCUT2D eigenvalue weighted by Crippen LogP contribution is -2.08. The third-order valence-electron chi connectivity index (χ3n) is 3.44. The molecule has 0 spiro atoms. The van der Waals surface area contributed by atoms with Gasteiger partial charge in [-0.3, -0.25) is 0 Å². The van der Waals surface area contributed by atoms with Crippen LogP contribution < -0.4 is 9.47 Å². The zero-order chi connectivity index (χ0) is 15.1. The van der Waals surface area contributed by atoms with Crippen molar-refractivity contribution in [3.8, 4) is 11.5 Å². The fraction of sp³-hybridized carbons (Fsp3) is 0.333. The highest BCUT2D eigenvalue weighted by Crippen LogP contribution is 2.30. The lowest BCUT2D eigenvalue weighted by molar-refractivity contribution is 0.0624. The largest absolute Gasteiger partial charge is 0.497 e. The molecule has 0 saturated carbocycles. The molecule has 0 aliphatic rings. The van der Waals surface area contributed by atoms with Gasteiger partial charge < -0.3 is 14.2 Å². The lowest BCUT2D eigenvalue weighted by Gasteiger charge is -2.19. The molecule has 2 aromatic rings. The summed E-state index contributed by atoms with van der Waals surface area (Å²) in [5.41, 5.74) is 2.29. The van der Waals surface area contributed by atoms with E-state index in [4.69, 9.17) is 14.2 Å². The van der Waals surface area contributed by atoms with Crippen LogP contribution in [-0.2, 0) is 11.2 Å². The Morgan fingerprint density at radius 1 is 0.952 bits per heavy atom. The van der Waals surface area contributed by atoms with Gasteiger partial charge in [0.15, 0.2) is 0 Å². The summed E-state index contributed by atoms with van der Waals surface area (Å²) in [4.78, 5) is 0. The molecule has 0 saturated heterocycles. The van der Waals surface area contributed by atoms with E-state index in [0.717, 1.165) is 23.5 Å². The van der Waals surface area contributed by atoms with Crippen molar-refractivity contribution in [3.05, 3.63) is 59.7 Å². The van der Waals surface area contributed by atoms with Gasteiger partial charge in [-0.2, -0.15) is 0 Å². The van der Waals surface area contributed by atoms with Crippen molar-refractivity contribution in [3.63, 3.8) is 0 Å². The quantitative estimate of drug-likeness (QED) is 0.769. The van der Waals surface area contributed by atoms with Crippen molar-refractivity contribution in [2.24, 2.45) is 0 Å². The predicted molar refractivity (Wildman–Crippen MR) is 84.1 cm³/mol. The molecular formula is C18H22O3. The van der Waals surface area contributed by atoms with Crippen LogP contribution in [0.4, 0.5) is 0 Å². The first-order valence-corrected chi connectivity index (χ1v) is 7.16. The molecule has 0 aromatic heterocycles. The van der Waals surface area contributed by atoms with Crippen LogP contribution in [0.3, 0.4) is 0 Å². The summed E-state index contributed by atoms with van der Waals surface area (Å²) in [5.74, 6) is 1.62.